The summed E-state index contributed by atoms with van der Waals surface area (Å²) in [6.07, 6.45) is 9.83. The topological polar surface area (TPSA) is 35.9 Å². The van der Waals surface area contributed by atoms with Gasteiger partial charge in [-0.25, -0.2) is 0 Å². The third-order valence-electron chi connectivity index (χ3n) is 5.27. The van der Waals surface area contributed by atoms with Gasteiger partial charge in [0.05, 0.1) is 6.61 Å². The maximum absolute atomic E-state index is 8.39. The van der Waals surface area contributed by atoms with Crippen molar-refractivity contribution in [1.82, 2.24) is 9.96 Å². The molecule has 27 heavy (non-hydrogen) atoms. The first kappa shape index (κ1) is 21.9. The first-order valence-electron chi connectivity index (χ1n) is 10.7. The molecule has 1 aliphatic carbocycles. The molecule has 0 spiro atoms. The Morgan fingerprint density at radius 3 is 2.59 bits per heavy atom. The SMILES string of the molecule is C=C1CCCc2ccc(OCCCN3CCCCC3)cc21.CCCN(C)O. The van der Waals surface area contributed by atoms with Crippen LogP contribution in [0.3, 0.4) is 0 Å². The highest BCUT2D eigenvalue weighted by atomic mass is 16.5. The molecule has 3 rings (SSSR count). The number of allylic oxidation sites excluding steroid dienone is 1. The summed E-state index contributed by atoms with van der Waals surface area (Å²) in [5.74, 6) is 1.01. The Morgan fingerprint density at radius 1 is 1.15 bits per heavy atom. The molecule has 1 aromatic carbocycles. The summed E-state index contributed by atoms with van der Waals surface area (Å²) in [5, 5.41) is 9.57. The zero-order valence-electron chi connectivity index (χ0n) is 17.4. The van der Waals surface area contributed by atoms with E-state index in [4.69, 9.17) is 9.94 Å². The maximum Gasteiger partial charge on any atom is 0.119 e. The van der Waals surface area contributed by atoms with Gasteiger partial charge in [-0.15, -0.1) is 0 Å². The number of hydroxylamine groups is 2. The van der Waals surface area contributed by atoms with Crippen LogP contribution in [-0.2, 0) is 6.42 Å². The Kier molecular flexibility index (Phi) is 9.89. The van der Waals surface area contributed by atoms with E-state index in [9.17, 15) is 0 Å². The molecule has 1 saturated heterocycles. The number of fused-ring (bicyclic) bond motifs is 1. The highest BCUT2D eigenvalue weighted by Crippen LogP contribution is 2.32. The smallest absolute Gasteiger partial charge is 0.119 e. The number of ether oxygens (including phenoxy) is 1. The van der Waals surface area contributed by atoms with E-state index in [1.54, 1.807) is 7.05 Å². The summed E-state index contributed by atoms with van der Waals surface area (Å²) in [6.45, 7) is 11.5. The van der Waals surface area contributed by atoms with E-state index in [-0.39, 0.29) is 0 Å². The number of benzene rings is 1. The van der Waals surface area contributed by atoms with Crippen LogP contribution >= 0.6 is 0 Å². The van der Waals surface area contributed by atoms with Crippen LogP contribution < -0.4 is 4.74 Å². The Hall–Kier alpha value is -1.36. The van der Waals surface area contributed by atoms with Gasteiger partial charge in [-0.3, -0.25) is 0 Å². The van der Waals surface area contributed by atoms with Gasteiger partial charge < -0.3 is 14.8 Å². The zero-order chi connectivity index (χ0) is 19.5. The average molecular weight is 375 g/mol. The van der Waals surface area contributed by atoms with Crippen LogP contribution in [0, 0.1) is 0 Å². The van der Waals surface area contributed by atoms with Crippen LogP contribution in [0.2, 0.25) is 0 Å². The number of rotatable bonds is 7. The van der Waals surface area contributed by atoms with E-state index in [0.717, 1.165) is 38.2 Å². The zero-order valence-corrected chi connectivity index (χ0v) is 17.4. The van der Waals surface area contributed by atoms with Gasteiger partial charge in [0.2, 0.25) is 0 Å². The number of hydrogen-bond acceptors (Lipinski definition) is 4. The van der Waals surface area contributed by atoms with E-state index in [1.165, 1.54) is 73.5 Å². The van der Waals surface area contributed by atoms with E-state index >= 15 is 0 Å². The van der Waals surface area contributed by atoms with Gasteiger partial charge in [-0.2, -0.15) is 5.06 Å². The molecule has 4 nitrogen and oxygen atoms in total. The lowest BCUT2D eigenvalue weighted by atomic mass is 9.88. The van der Waals surface area contributed by atoms with Crippen LogP contribution in [0.25, 0.3) is 5.57 Å². The molecule has 1 aliphatic heterocycles. The lowest BCUT2D eigenvalue weighted by Crippen LogP contribution is -2.31. The molecule has 0 radical (unpaired) electrons. The summed E-state index contributed by atoms with van der Waals surface area (Å²) >= 11 is 0. The van der Waals surface area contributed by atoms with Crippen molar-refractivity contribution in [3.63, 3.8) is 0 Å². The molecule has 1 aromatic rings. The summed E-state index contributed by atoms with van der Waals surface area (Å²) in [7, 11) is 1.64. The lowest BCUT2D eigenvalue weighted by Gasteiger charge is -2.26. The van der Waals surface area contributed by atoms with Crippen LogP contribution in [0.5, 0.6) is 5.75 Å². The summed E-state index contributed by atoms with van der Waals surface area (Å²) in [4.78, 5) is 2.57. The van der Waals surface area contributed by atoms with E-state index < -0.39 is 0 Å². The maximum atomic E-state index is 8.39. The minimum Gasteiger partial charge on any atom is -0.494 e. The molecule has 1 fully saturated rings. The Bertz CT molecular complexity index is 565. The second kappa shape index (κ2) is 12.2. The first-order valence-corrected chi connectivity index (χ1v) is 10.7. The predicted octanol–water partition coefficient (Wildman–Crippen LogP) is 5.01. The normalized spacial score (nSPS) is 17.3. The molecule has 152 valence electrons. The first-order chi connectivity index (χ1) is 13.1. The number of hydrogen-bond donors (Lipinski definition) is 1. The van der Waals surface area contributed by atoms with E-state index in [2.05, 4.69) is 29.7 Å². The summed E-state index contributed by atoms with van der Waals surface area (Å²) in [5.41, 5.74) is 4.04. The molecule has 0 amide bonds. The van der Waals surface area contributed by atoms with Crippen molar-refractivity contribution >= 4 is 5.57 Å². The molecular formula is C23H38N2O2. The van der Waals surface area contributed by atoms with Crippen LogP contribution in [-0.4, -0.2) is 55.0 Å². The van der Waals surface area contributed by atoms with Crippen LogP contribution in [0.1, 0.15) is 63.0 Å². The second-order valence-electron chi connectivity index (χ2n) is 7.76. The minimum atomic E-state index is 0.764. The largest absolute Gasteiger partial charge is 0.494 e. The van der Waals surface area contributed by atoms with Gasteiger partial charge in [0, 0.05) is 20.1 Å². The molecule has 0 saturated carbocycles. The van der Waals surface area contributed by atoms with Gasteiger partial charge in [0.15, 0.2) is 0 Å². The molecule has 4 heteroatoms. The van der Waals surface area contributed by atoms with Crippen molar-refractivity contribution in [1.29, 1.82) is 0 Å². The van der Waals surface area contributed by atoms with Crippen molar-refractivity contribution in [2.24, 2.45) is 0 Å². The Labute approximate surface area is 165 Å². The second-order valence-corrected chi connectivity index (χ2v) is 7.76. The summed E-state index contributed by atoms with van der Waals surface area (Å²) < 4.78 is 5.94. The molecule has 1 heterocycles. The van der Waals surface area contributed by atoms with E-state index in [1.807, 2.05) is 6.92 Å². The molecule has 2 aliphatic rings. The van der Waals surface area contributed by atoms with Crippen molar-refractivity contribution in [2.45, 2.75) is 58.3 Å². The number of piperidine rings is 1. The molecule has 0 atom stereocenters. The highest BCUT2D eigenvalue weighted by Gasteiger charge is 2.13. The number of nitrogens with zero attached hydrogens (tertiary/aromatic N) is 2. The molecule has 0 bridgehead atoms. The minimum absolute atomic E-state index is 0.764. The van der Waals surface area contributed by atoms with Gasteiger partial charge in [0.1, 0.15) is 5.75 Å². The third kappa shape index (κ3) is 8.04. The highest BCUT2D eigenvalue weighted by molar-refractivity contribution is 5.69. The van der Waals surface area contributed by atoms with Crippen LogP contribution in [0.15, 0.2) is 24.8 Å². The van der Waals surface area contributed by atoms with Crippen molar-refractivity contribution in [2.75, 3.05) is 39.8 Å². The fourth-order valence-corrected chi connectivity index (χ4v) is 3.80. The molecule has 0 aromatic heterocycles. The van der Waals surface area contributed by atoms with E-state index in [0.29, 0.717) is 0 Å². The number of likely N-dealkylation sites (tertiary alicyclic amines) is 1. The number of aryl methyl sites for hydroxylation is 1. The van der Waals surface area contributed by atoms with Crippen molar-refractivity contribution in [3.8, 4) is 5.75 Å². The lowest BCUT2D eigenvalue weighted by molar-refractivity contribution is -0.0642. The van der Waals surface area contributed by atoms with Gasteiger partial charge in [0.25, 0.3) is 0 Å². The fraction of sp³-hybridized carbons (Fsp3) is 0.652. The Morgan fingerprint density at radius 2 is 1.93 bits per heavy atom. The molecule has 0 unspecified atom stereocenters. The Balaban J connectivity index is 0.000000380. The fourth-order valence-electron chi connectivity index (χ4n) is 3.80. The standard InChI is InChI=1S/C19H27NO.C4H11NO/c1-16-7-5-8-17-9-10-18(15-19(16)17)21-14-6-13-20-11-3-2-4-12-20;1-3-4-5(2)6/h9-10,15H,1-8,11-14H2;6H,3-4H2,1-2H3. The van der Waals surface area contributed by atoms with Gasteiger partial charge >= 0.3 is 0 Å². The van der Waals surface area contributed by atoms with Gasteiger partial charge in [-0.1, -0.05) is 26.0 Å². The predicted molar refractivity (Wildman–Crippen MR) is 114 cm³/mol. The third-order valence-corrected chi connectivity index (χ3v) is 5.27. The molecule has 1 N–H and O–H groups in total. The summed E-state index contributed by atoms with van der Waals surface area (Å²) in [6, 6.07) is 6.54. The van der Waals surface area contributed by atoms with Crippen molar-refractivity contribution < 1.29 is 9.94 Å². The van der Waals surface area contributed by atoms with Crippen molar-refractivity contribution in [3.05, 3.63) is 35.9 Å². The average Bonchev–Trinajstić information content (AvgIpc) is 2.67. The molecular weight excluding hydrogens is 336 g/mol. The quantitative estimate of drug-likeness (QED) is 0.538. The monoisotopic (exact) mass is 374 g/mol. The van der Waals surface area contributed by atoms with Crippen LogP contribution in [0.4, 0.5) is 0 Å². The van der Waals surface area contributed by atoms with Gasteiger partial charge in [-0.05, 0) is 86.9 Å².